The van der Waals surface area contributed by atoms with Gasteiger partial charge in [0.05, 0.1) is 5.60 Å². The van der Waals surface area contributed by atoms with Gasteiger partial charge >= 0.3 is 0 Å². The van der Waals surface area contributed by atoms with E-state index >= 15 is 0 Å². The van der Waals surface area contributed by atoms with Crippen molar-refractivity contribution in [2.45, 2.75) is 44.1 Å². The summed E-state index contributed by atoms with van der Waals surface area (Å²) in [5, 5.41) is 10.8. The maximum absolute atomic E-state index is 10.8. The zero-order chi connectivity index (χ0) is 10.3. The highest BCUT2D eigenvalue weighted by Crippen LogP contribution is 2.48. The lowest BCUT2D eigenvalue weighted by molar-refractivity contribution is -0.0200. The summed E-state index contributed by atoms with van der Waals surface area (Å²) in [5.74, 6) is 0.515. The molecule has 1 fully saturated rings. The Morgan fingerprint density at radius 3 is 2.67 bits per heavy atom. The van der Waals surface area contributed by atoms with Crippen molar-refractivity contribution in [3.63, 3.8) is 0 Å². The van der Waals surface area contributed by atoms with E-state index in [0.29, 0.717) is 5.92 Å². The van der Waals surface area contributed by atoms with Crippen molar-refractivity contribution in [1.82, 2.24) is 0 Å². The minimum Gasteiger partial charge on any atom is -0.385 e. The lowest BCUT2D eigenvalue weighted by Gasteiger charge is -2.30. The van der Waals surface area contributed by atoms with E-state index in [1.54, 1.807) is 0 Å². The third-order valence-corrected chi connectivity index (χ3v) is 4.29. The largest absolute Gasteiger partial charge is 0.385 e. The molecule has 0 saturated heterocycles. The van der Waals surface area contributed by atoms with Gasteiger partial charge in [0.2, 0.25) is 0 Å². The van der Waals surface area contributed by atoms with E-state index in [-0.39, 0.29) is 0 Å². The van der Waals surface area contributed by atoms with Crippen LogP contribution < -0.4 is 0 Å². The first-order valence-corrected chi connectivity index (χ1v) is 6.11. The Morgan fingerprint density at radius 2 is 1.87 bits per heavy atom. The van der Waals surface area contributed by atoms with Gasteiger partial charge in [-0.1, -0.05) is 37.1 Å². The molecular weight excluding hydrogens is 184 g/mol. The molecule has 80 valence electrons. The molecule has 0 radical (unpaired) electrons. The van der Waals surface area contributed by atoms with Gasteiger partial charge in [0.25, 0.3) is 0 Å². The Balaban J connectivity index is 2.00. The van der Waals surface area contributed by atoms with Gasteiger partial charge in [-0.3, -0.25) is 0 Å². The van der Waals surface area contributed by atoms with Crippen LogP contribution in [0.25, 0.3) is 0 Å². The second-order valence-corrected chi connectivity index (χ2v) is 5.06. The molecule has 0 bridgehead atoms. The van der Waals surface area contributed by atoms with Crippen molar-refractivity contribution in [3.8, 4) is 0 Å². The van der Waals surface area contributed by atoms with Crippen molar-refractivity contribution in [2.24, 2.45) is 5.92 Å². The van der Waals surface area contributed by atoms with Crippen LogP contribution in [0.1, 0.15) is 43.2 Å². The maximum atomic E-state index is 10.8. The van der Waals surface area contributed by atoms with Crippen LogP contribution in [0.4, 0.5) is 0 Å². The summed E-state index contributed by atoms with van der Waals surface area (Å²) in [7, 11) is 0. The molecule has 0 spiro atoms. The Bertz CT molecular complexity index is 365. The van der Waals surface area contributed by atoms with Crippen molar-refractivity contribution in [2.75, 3.05) is 0 Å². The normalized spacial score (nSPS) is 30.7. The zero-order valence-electron chi connectivity index (χ0n) is 9.08. The lowest BCUT2D eigenvalue weighted by Crippen LogP contribution is -2.30. The summed E-state index contributed by atoms with van der Waals surface area (Å²) in [6, 6.07) is 8.44. The minimum absolute atomic E-state index is 0.493. The Hall–Kier alpha value is -0.820. The number of aryl methyl sites for hydroxylation is 1. The minimum atomic E-state index is -0.493. The Labute approximate surface area is 91.1 Å². The second kappa shape index (κ2) is 3.34. The van der Waals surface area contributed by atoms with E-state index in [2.05, 4.69) is 24.3 Å². The first-order valence-electron chi connectivity index (χ1n) is 6.11. The van der Waals surface area contributed by atoms with Crippen molar-refractivity contribution in [3.05, 3.63) is 35.4 Å². The summed E-state index contributed by atoms with van der Waals surface area (Å²) in [5.41, 5.74) is 2.09. The molecule has 1 aromatic rings. The third-order valence-electron chi connectivity index (χ3n) is 4.29. The lowest BCUT2D eigenvalue weighted by atomic mass is 9.81. The predicted molar refractivity (Wildman–Crippen MR) is 60.6 cm³/mol. The Kier molecular flexibility index (Phi) is 2.10. The van der Waals surface area contributed by atoms with E-state index in [1.807, 2.05) is 0 Å². The van der Waals surface area contributed by atoms with Gasteiger partial charge < -0.3 is 5.11 Å². The molecule has 15 heavy (non-hydrogen) atoms. The summed E-state index contributed by atoms with van der Waals surface area (Å²) in [6.07, 6.45) is 7.03. The number of rotatable bonds is 1. The SMILES string of the molecule is O[C@@]1(C2CCCC2)CCc2ccccc21. The molecule has 1 heteroatoms. The monoisotopic (exact) mass is 202 g/mol. The molecular formula is C14H18O. The van der Waals surface area contributed by atoms with E-state index in [1.165, 1.54) is 36.8 Å². The van der Waals surface area contributed by atoms with Gasteiger partial charge in [0.1, 0.15) is 0 Å². The van der Waals surface area contributed by atoms with E-state index < -0.39 is 5.60 Å². The van der Waals surface area contributed by atoms with Crippen LogP contribution in [-0.4, -0.2) is 5.11 Å². The number of benzene rings is 1. The summed E-state index contributed by atoms with van der Waals surface area (Å²) in [6.45, 7) is 0. The fourth-order valence-electron chi connectivity index (χ4n) is 3.45. The summed E-state index contributed by atoms with van der Waals surface area (Å²) < 4.78 is 0. The average molecular weight is 202 g/mol. The van der Waals surface area contributed by atoms with E-state index in [4.69, 9.17) is 0 Å². The van der Waals surface area contributed by atoms with Crippen LogP contribution in [0.3, 0.4) is 0 Å². The van der Waals surface area contributed by atoms with Gasteiger partial charge in [-0.2, -0.15) is 0 Å². The van der Waals surface area contributed by atoms with E-state index in [0.717, 1.165) is 12.8 Å². The van der Waals surface area contributed by atoms with Crippen LogP contribution in [0.2, 0.25) is 0 Å². The quantitative estimate of drug-likeness (QED) is 0.742. The van der Waals surface area contributed by atoms with Crippen LogP contribution in [0.5, 0.6) is 0 Å². The van der Waals surface area contributed by atoms with Gasteiger partial charge in [-0.25, -0.2) is 0 Å². The molecule has 1 atom stereocenters. The van der Waals surface area contributed by atoms with Gasteiger partial charge in [0.15, 0.2) is 0 Å². The molecule has 0 aromatic heterocycles. The van der Waals surface area contributed by atoms with Crippen LogP contribution in [0, 0.1) is 5.92 Å². The third kappa shape index (κ3) is 1.33. The molecule has 3 rings (SSSR count). The molecule has 0 aliphatic heterocycles. The molecule has 0 heterocycles. The number of aliphatic hydroxyl groups is 1. The molecule has 1 saturated carbocycles. The van der Waals surface area contributed by atoms with Crippen molar-refractivity contribution < 1.29 is 5.11 Å². The second-order valence-electron chi connectivity index (χ2n) is 5.06. The molecule has 2 aliphatic carbocycles. The van der Waals surface area contributed by atoms with E-state index in [9.17, 15) is 5.11 Å². The molecule has 2 aliphatic rings. The average Bonchev–Trinajstić information content (AvgIpc) is 2.88. The number of hydrogen-bond acceptors (Lipinski definition) is 1. The van der Waals surface area contributed by atoms with Crippen molar-refractivity contribution >= 4 is 0 Å². The highest BCUT2D eigenvalue weighted by Gasteiger charge is 2.43. The smallest absolute Gasteiger partial charge is 0.0930 e. The highest BCUT2D eigenvalue weighted by molar-refractivity contribution is 5.37. The van der Waals surface area contributed by atoms with Crippen molar-refractivity contribution in [1.29, 1.82) is 0 Å². The van der Waals surface area contributed by atoms with Gasteiger partial charge in [-0.05, 0) is 42.7 Å². The van der Waals surface area contributed by atoms with Crippen LogP contribution in [-0.2, 0) is 12.0 Å². The van der Waals surface area contributed by atoms with Gasteiger partial charge in [-0.15, -0.1) is 0 Å². The van der Waals surface area contributed by atoms with Crippen LogP contribution >= 0.6 is 0 Å². The topological polar surface area (TPSA) is 20.2 Å². The molecule has 1 nitrogen and oxygen atoms in total. The predicted octanol–water partition coefficient (Wildman–Crippen LogP) is 3.01. The summed E-state index contributed by atoms with van der Waals surface area (Å²) >= 11 is 0. The highest BCUT2D eigenvalue weighted by atomic mass is 16.3. The molecule has 1 N–H and O–H groups in total. The first kappa shape index (κ1) is 9.41. The molecule has 0 amide bonds. The first-order chi connectivity index (χ1) is 7.31. The maximum Gasteiger partial charge on any atom is 0.0930 e. The zero-order valence-corrected chi connectivity index (χ0v) is 9.08. The van der Waals surface area contributed by atoms with Gasteiger partial charge in [0, 0.05) is 0 Å². The fourth-order valence-corrected chi connectivity index (χ4v) is 3.45. The molecule has 1 aromatic carbocycles. The Morgan fingerprint density at radius 1 is 1.13 bits per heavy atom. The fraction of sp³-hybridized carbons (Fsp3) is 0.571. The van der Waals surface area contributed by atoms with Crippen LogP contribution in [0.15, 0.2) is 24.3 Å². The number of fused-ring (bicyclic) bond motifs is 1. The standard InChI is InChI=1S/C14H18O/c15-14(12-6-2-3-7-12)10-9-11-5-1-4-8-13(11)14/h1,4-5,8,12,15H,2-3,6-7,9-10H2/t14-/m1/s1. The number of hydrogen-bond donors (Lipinski definition) is 1. The summed E-state index contributed by atoms with van der Waals surface area (Å²) in [4.78, 5) is 0. The molecule has 0 unspecified atom stereocenters.